The van der Waals surface area contributed by atoms with E-state index in [2.05, 4.69) is 53.3 Å². The zero-order valence-corrected chi connectivity index (χ0v) is 11.6. The quantitative estimate of drug-likeness (QED) is 0.904. The summed E-state index contributed by atoms with van der Waals surface area (Å²) in [6, 6.07) is 10.6. The van der Waals surface area contributed by atoms with Gasteiger partial charge >= 0.3 is 0 Å². The Morgan fingerprint density at radius 3 is 2.82 bits per heavy atom. The number of halogens is 1. The fraction of sp³-hybridized carbons (Fsp3) is 0.286. The van der Waals surface area contributed by atoms with Crippen LogP contribution in [0.1, 0.15) is 18.2 Å². The molecule has 0 aliphatic rings. The molecule has 0 saturated heterocycles. The first kappa shape index (κ1) is 12.2. The second-order valence-corrected chi connectivity index (χ2v) is 5.26. The Bertz CT molecular complexity index is 459. The number of hydrogen-bond donors (Lipinski definition) is 1. The molecule has 1 aromatic heterocycles. The minimum absolute atomic E-state index is 0.342. The smallest absolute Gasteiger partial charge is 0.105 e. The summed E-state index contributed by atoms with van der Waals surface area (Å²) in [5, 5.41) is 3.47. The molecule has 0 saturated carbocycles. The topological polar surface area (TPSA) is 25.2 Å². The molecule has 3 heteroatoms. The van der Waals surface area contributed by atoms with E-state index < -0.39 is 0 Å². The first-order valence-corrected chi connectivity index (χ1v) is 6.49. The highest BCUT2D eigenvalue weighted by molar-refractivity contribution is 9.10. The molecule has 90 valence electrons. The summed E-state index contributed by atoms with van der Waals surface area (Å²) in [4.78, 5) is 0. The third kappa shape index (κ3) is 3.63. The lowest BCUT2D eigenvalue weighted by Gasteiger charge is -2.14. The molecule has 1 atom stereocenters. The summed E-state index contributed by atoms with van der Waals surface area (Å²) >= 11 is 3.51. The van der Waals surface area contributed by atoms with Crippen LogP contribution in [0.25, 0.3) is 0 Å². The normalized spacial score (nSPS) is 12.4. The maximum Gasteiger partial charge on any atom is 0.105 e. The van der Waals surface area contributed by atoms with E-state index in [1.807, 2.05) is 12.1 Å². The SMILES string of the molecule is Cc1cc(Br)cc(NC(C)Cc2ccco2)c1. The molecular weight excluding hydrogens is 278 g/mol. The predicted octanol–water partition coefficient (Wildman–Crippen LogP) is 4.39. The molecule has 0 fully saturated rings. The Hall–Kier alpha value is -1.22. The number of hydrogen-bond acceptors (Lipinski definition) is 2. The number of benzene rings is 1. The van der Waals surface area contributed by atoms with Crippen LogP contribution in [0.2, 0.25) is 0 Å². The van der Waals surface area contributed by atoms with Crippen LogP contribution >= 0.6 is 15.9 Å². The van der Waals surface area contributed by atoms with Crippen LogP contribution in [0.3, 0.4) is 0 Å². The van der Waals surface area contributed by atoms with Crippen molar-refractivity contribution in [2.24, 2.45) is 0 Å². The largest absolute Gasteiger partial charge is 0.469 e. The van der Waals surface area contributed by atoms with Gasteiger partial charge in [0.05, 0.1) is 6.26 Å². The zero-order chi connectivity index (χ0) is 12.3. The van der Waals surface area contributed by atoms with Gasteiger partial charge in [-0.25, -0.2) is 0 Å². The Balaban J connectivity index is 2.00. The first-order chi connectivity index (χ1) is 8.13. The molecule has 0 amide bonds. The molecule has 1 N–H and O–H groups in total. The van der Waals surface area contributed by atoms with Crippen molar-refractivity contribution in [2.75, 3.05) is 5.32 Å². The highest BCUT2D eigenvalue weighted by atomic mass is 79.9. The van der Waals surface area contributed by atoms with E-state index in [4.69, 9.17) is 4.42 Å². The maximum atomic E-state index is 5.34. The number of anilines is 1. The molecule has 1 unspecified atom stereocenters. The van der Waals surface area contributed by atoms with Gasteiger partial charge in [0.25, 0.3) is 0 Å². The van der Waals surface area contributed by atoms with Crippen molar-refractivity contribution in [3.63, 3.8) is 0 Å². The van der Waals surface area contributed by atoms with E-state index in [0.29, 0.717) is 6.04 Å². The monoisotopic (exact) mass is 293 g/mol. The van der Waals surface area contributed by atoms with E-state index in [1.54, 1.807) is 6.26 Å². The van der Waals surface area contributed by atoms with Crippen molar-refractivity contribution in [3.05, 3.63) is 52.4 Å². The summed E-state index contributed by atoms with van der Waals surface area (Å²) < 4.78 is 6.44. The van der Waals surface area contributed by atoms with Crippen LogP contribution < -0.4 is 5.32 Å². The van der Waals surface area contributed by atoms with E-state index in [9.17, 15) is 0 Å². The fourth-order valence-corrected chi connectivity index (χ4v) is 2.49. The molecule has 0 aliphatic carbocycles. The molecule has 0 radical (unpaired) electrons. The van der Waals surface area contributed by atoms with Gasteiger partial charge in [-0.3, -0.25) is 0 Å². The van der Waals surface area contributed by atoms with Gasteiger partial charge in [-0.15, -0.1) is 0 Å². The van der Waals surface area contributed by atoms with Crippen molar-refractivity contribution < 1.29 is 4.42 Å². The van der Waals surface area contributed by atoms with Crippen LogP contribution in [0, 0.1) is 6.92 Å². The van der Waals surface area contributed by atoms with Crippen molar-refractivity contribution >= 4 is 21.6 Å². The first-order valence-electron chi connectivity index (χ1n) is 5.69. The third-order valence-corrected chi connectivity index (χ3v) is 3.00. The molecule has 1 aromatic carbocycles. The van der Waals surface area contributed by atoms with Crippen LogP contribution in [0.5, 0.6) is 0 Å². The highest BCUT2D eigenvalue weighted by Gasteiger charge is 2.06. The summed E-state index contributed by atoms with van der Waals surface area (Å²) in [6.45, 7) is 4.24. The standard InChI is InChI=1S/C14H16BrNO/c1-10-6-12(15)9-13(7-10)16-11(2)8-14-4-3-5-17-14/h3-7,9,11,16H,8H2,1-2H3. The number of aryl methyl sites for hydroxylation is 1. The highest BCUT2D eigenvalue weighted by Crippen LogP contribution is 2.20. The summed E-state index contributed by atoms with van der Waals surface area (Å²) in [5.41, 5.74) is 2.38. The second-order valence-electron chi connectivity index (χ2n) is 4.35. The van der Waals surface area contributed by atoms with Crippen LogP contribution in [0.15, 0.2) is 45.5 Å². The van der Waals surface area contributed by atoms with Gasteiger partial charge < -0.3 is 9.73 Å². The Morgan fingerprint density at radius 1 is 1.35 bits per heavy atom. The molecule has 17 heavy (non-hydrogen) atoms. The van der Waals surface area contributed by atoms with Gasteiger partial charge in [-0.1, -0.05) is 15.9 Å². The molecule has 2 aromatic rings. The lowest BCUT2D eigenvalue weighted by Crippen LogP contribution is -2.17. The molecule has 0 aliphatic heterocycles. The second kappa shape index (κ2) is 5.41. The minimum atomic E-state index is 0.342. The van der Waals surface area contributed by atoms with Crippen LogP contribution in [-0.2, 0) is 6.42 Å². The van der Waals surface area contributed by atoms with Crippen molar-refractivity contribution in [2.45, 2.75) is 26.3 Å². The molecule has 2 rings (SSSR count). The number of rotatable bonds is 4. The Kier molecular flexibility index (Phi) is 3.89. The van der Waals surface area contributed by atoms with Gasteiger partial charge in [0, 0.05) is 22.6 Å². The number of nitrogens with one attached hydrogen (secondary N) is 1. The van der Waals surface area contributed by atoms with Crippen molar-refractivity contribution in [1.82, 2.24) is 0 Å². The lowest BCUT2D eigenvalue weighted by atomic mass is 10.1. The van der Waals surface area contributed by atoms with E-state index in [1.165, 1.54) is 5.56 Å². The summed E-state index contributed by atoms with van der Waals surface area (Å²) in [5.74, 6) is 1.01. The average molecular weight is 294 g/mol. The molecule has 1 heterocycles. The predicted molar refractivity (Wildman–Crippen MR) is 74.4 cm³/mol. The zero-order valence-electron chi connectivity index (χ0n) is 10.0. The fourth-order valence-electron chi connectivity index (χ4n) is 1.89. The van der Waals surface area contributed by atoms with Crippen molar-refractivity contribution in [3.8, 4) is 0 Å². The van der Waals surface area contributed by atoms with Crippen LogP contribution in [-0.4, -0.2) is 6.04 Å². The molecule has 2 nitrogen and oxygen atoms in total. The Labute approximate surface area is 110 Å². The lowest BCUT2D eigenvalue weighted by molar-refractivity contribution is 0.498. The number of furan rings is 1. The van der Waals surface area contributed by atoms with E-state index >= 15 is 0 Å². The van der Waals surface area contributed by atoms with Gasteiger partial charge in [0.2, 0.25) is 0 Å². The van der Waals surface area contributed by atoms with Gasteiger partial charge in [-0.2, -0.15) is 0 Å². The third-order valence-electron chi connectivity index (χ3n) is 2.54. The Morgan fingerprint density at radius 2 is 2.18 bits per heavy atom. The minimum Gasteiger partial charge on any atom is -0.469 e. The summed E-state index contributed by atoms with van der Waals surface area (Å²) in [7, 11) is 0. The van der Waals surface area contributed by atoms with Gasteiger partial charge in [0.1, 0.15) is 5.76 Å². The average Bonchev–Trinajstić information content (AvgIpc) is 2.67. The molecule has 0 bridgehead atoms. The van der Waals surface area contributed by atoms with Crippen LogP contribution in [0.4, 0.5) is 5.69 Å². The molecular formula is C14H16BrNO. The van der Waals surface area contributed by atoms with E-state index in [-0.39, 0.29) is 0 Å². The van der Waals surface area contributed by atoms with Crippen molar-refractivity contribution in [1.29, 1.82) is 0 Å². The van der Waals surface area contributed by atoms with E-state index in [0.717, 1.165) is 22.3 Å². The van der Waals surface area contributed by atoms with Gasteiger partial charge in [-0.05, 0) is 49.7 Å². The molecule has 0 spiro atoms. The van der Waals surface area contributed by atoms with Gasteiger partial charge in [0.15, 0.2) is 0 Å². The summed E-state index contributed by atoms with van der Waals surface area (Å²) in [6.07, 6.45) is 2.60. The maximum absolute atomic E-state index is 5.34.